The average molecular weight is 222 g/mol. The zero-order valence-corrected chi connectivity index (χ0v) is 10.7. The van der Waals surface area contributed by atoms with Gasteiger partial charge < -0.3 is 5.32 Å². The zero-order chi connectivity index (χ0) is 12.0. The van der Waals surface area contributed by atoms with Crippen LogP contribution in [0, 0.1) is 6.92 Å². The first kappa shape index (κ1) is 12.9. The molecule has 1 aromatic rings. The van der Waals surface area contributed by atoms with Gasteiger partial charge in [0.25, 0.3) is 0 Å². The van der Waals surface area contributed by atoms with Crippen LogP contribution in [0.25, 0.3) is 0 Å². The maximum atomic E-state index is 4.46. The van der Waals surface area contributed by atoms with Gasteiger partial charge in [0.05, 0.1) is 6.54 Å². The van der Waals surface area contributed by atoms with Gasteiger partial charge in [-0.3, -0.25) is 4.90 Å². The van der Waals surface area contributed by atoms with E-state index in [-0.39, 0.29) is 0 Å². The van der Waals surface area contributed by atoms with Gasteiger partial charge in [-0.1, -0.05) is 13.8 Å². The maximum Gasteiger partial charge on any atom is 0.144 e. The van der Waals surface area contributed by atoms with Crippen LogP contribution in [0.1, 0.15) is 31.8 Å². The molecule has 90 valence electrons. The summed E-state index contributed by atoms with van der Waals surface area (Å²) in [6, 6.07) is 1.96. The number of aryl methyl sites for hydroxylation is 1. The van der Waals surface area contributed by atoms with Crippen molar-refractivity contribution < 1.29 is 0 Å². The van der Waals surface area contributed by atoms with Crippen LogP contribution in [0.2, 0.25) is 0 Å². The first-order valence-corrected chi connectivity index (χ1v) is 5.94. The first-order chi connectivity index (χ1) is 7.69. The number of rotatable bonds is 6. The van der Waals surface area contributed by atoms with E-state index < -0.39 is 0 Å². The van der Waals surface area contributed by atoms with Crippen molar-refractivity contribution in [1.29, 1.82) is 0 Å². The van der Waals surface area contributed by atoms with Crippen LogP contribution in [-0.2, 0) is 6.54 Å². The van der Waals surface area contributed by atoms with E-state index in [9.17, 15) is 0 Å². The van der Waals surface area contributed by atoms with Crippen molar-refractivity contribution in [3.63, 3.8) is 0 Å². The molecule has 16 heavy (non-hydrogen) atoms. The molecule has 0 atom stereocenters. The highest BCUT2D eigenvalue weighted by atomic mass is 15.1. The van der Waals surface area contributed by atoms with E-state index in [0.717, 1.165) is 37.0 Å². The van der Waals surface area contributed by atoms with E-state index in [4.69, 9.17) is 0 Å². The van der Waals surface area contributed by atoms with Gasteiger partial charge in [0.15, 0.2) is 0 Å². The summed E-state index contributed by atoms with van der Waals surface area (Å²) in [5.41, 5.74) is 1.02. The third kappa shape index (κ3) is 3.77. The lowest BCUT2D eigenvalue weighted by Gasteiger charge is -2.18. The van der Waals surface area contributed by atoms with E-state index >= 15 is 0 Å². The minimum atomic E-state index is 0.834. The Hall–Kier alpha value is -1.16. The molecule has 0 aliphatic heterocycles. The quantitative estimate of drug-likeness (QED) is 0.800. The van der Waals surface area contributed by atoms with Gasteiger partial charge in [-0.2, -0.15) is 0 Å². The Morgan fingerprint density at radius 1 is 1.31 bits per heavy atom. The molecule has 4 nitrogen and oxygen atoms in total. The summed E-state index contributed by atoms with van der Waals surface area (Å²) in [5.74, 6) is 1.80. The minimum Gasteiger partial charge on any atom is -0.373 e. The molecule has 0 unspecified atom stereocenters. The van der Waals surface area contributed by atoms with E-state index in [1.165, 1.54) is 6.42 Å². The highest BCUT2D eigenvalue weighted by Crippen LogP contribution is 2.07. The molecule has 0 radical (unpaired) electrons. The van der Waals surface area contributed by atoms with Crippen molar-refractivity contribution in [2.75, 3.05) is 25.5 Å². The molecule has 1 rings (SSSR count). The minimum absolute atomic E-state index is 0.834. The molecule has 1 N–H and O–H groups in total. The van der Waals surface area contributed by atoms with Crippen molar-refractivity contribution in [3.05, 3.63) is 17.6 Å². The lowest BCUT2D eigenvalue weighted by Crippen LogP contribution is -2.25. The number of nitrogens with one attached hydrogen (secondary N) is 1. The van der Waals surface area contributed by atoms with Gasteiger partial charge >= 0.3 is 0 Å². The van der Waals surface area contributed by atoms with Gasteiger partial charge in [0.2, 0.25) is 0 Å². The highest BCUT2D eigenvalue weighted by molar-refractivity contribution is 5.34. The third-order valence-electron chi connectivity index (χ3n) is 2.51. The number of hydrogen-bond donors (Lipinski definition) is 1. The molecular weight excluding hydrogens is 200 g/mol. The number of anilines is 1. The summed E-state index contributed by atoms with van der Waals surface area (Å²) >= 11 is 0. The van der Waals surface area contributed by atoms with Crippen molar-refractivity contribution >= 4 is 5.82 Å². The summed E-state index contributed by atoms with van der Waals surface area (Å²) < 4.78 is 0. The third-order valence-corrected chi connectivity index (χ3v) is 2.51. The molecule has 0 amide bonds. The van der Waals surface area contributed by atoms with Gasteiger partial charge in [0, 0.05) is 18.8 Å². The van der Waals surface area contributed by atoms with Gasteiger partial charge in [-0.05, 0) is 26.4 Å². The monoisotopic (exact) mass is 222 g/mol. The molecule has 0 bridgehead atoms. The Kier molecular flexibility index (Phi) is 5.19. The van der Waals surface area contributed by atoms with E-state index in [0.29, 0.717) is 0 Å². The van der Waals surface area contributed by atoms with Crippen LogP contribution in [0.5, 0.6) is 0 Å². The summed E-state index contributed by atoms with van der Waals surface area (Å²) in [5, 5.41) is 3.06. The van der Waals surface area contributed by atoms with Gasteiger partial charge in [-0.15, -0.1) is 0 Å². The van der Waals surface area contributed by atoms with Crippen LogP contribution in [0.4, 0.5) is 5.82 Å². The maximum absolute atomic E-state index is 4.46. The Labute approximate surface area is 98.1 Å². The fourth-order valence-corrected chi connectivity index (χ4v) is 1.69. The Balaban J connectivity index is 2.74. The standard InChI is InChI=1S/C12H22N4/c1-5-7-16(6-2)9-12-14-10(3)8-11(13-4)15-12/h8H,5-7,9H2,1-4H3,(H,13,14,15). The molecule has 0 saturated heterocycles. The SMILES string of the molecule is CCCN(CC)Cc1nc(C)cc(NC)n1. The lowest BCUT2D eigenvalue weighted by atomic mass is 10.3. The molecule has 4 heteroatoms. The molecule has 0 aliphatic carbocycles. The van der Waals surface area contributed by atoms with Crippen LogP contribution in [0.15, 0.2) is 6.07 Å². The smallest absolute Gasteiger partial charge is 0.144 e. The summed E-state index contributed by atoms with van der Waals surface area (Å²) in [7, 11) is 1.88. The number of hydrogen-bond acceptors (Lipinski definition) is 4. The summed E-state index contributed by atoms with van der Waals surface area (Å²) in [4.78, 5) is 11.3. The van der Waals surface area contributed by atoms with Crippen LogP contribution in [0.3, 0.4) is 0 Å². The van der Waals surface area contributed by atoms with Crippen molar-refractivity contribution in [2.24, 2.45) is 0 Å². The predicted molar refractivity (Wildman–Crippen MR) is 67.6 cm³/mol. The highest BCUT2D eigenvalue weighted by Gasteiger charge is 2.06. The van der Waals surface area contributed by atoms with Gasteiger partial charge in [-0.25, -0.2) is 9.97 Å². The molecule has 0 saturated carbocycles. The molecule has 0 spiro atoms. The molecule has 0 aliphatic rings. The largest absolute Gasteiger partial charge is 0.373 e. The first-order valence-electron chi connectivity index (χ1n) is 5.94. The fraction of sp³-hybridized carbons (Fsp3) is 0.667. The van der Waals surface area contributed by atoms with Crippen LogP contribution >= 0.6 is 0 Å². The second kappa shape index (κ2) is 6.43. The normalized spacial score (nSPS) is 10.8. The topological polar surface area (TPSA) is 41.1 Å². The van der Waals surface area contributed by atoms with Crippen molar-refractivity contribution in [3.8, 4) is 0 Å². The zero-order valence-electron chi connectivity index (χ0n) is 10.7. The van der Waals surface area contributed by atoms with Crippen molar-refractivity contribution in [1.82, 2.24) is 14.9 Å². The second-order valence-electron chi connectivity index (χ2n) is 3.93. The summed E-state index contributed by atoms with van der Waals surface area (Å²) in [6.07, 6.45) is 1.17. The Morgan fingerprint density at radius 3 is 2.62 bits per heavy atom. The lowest BCUT2D eigenvalue weighted by molar-refractivity contribution is 0.273. The predicted octanol–water partition coefficient (Wildman–Crippen LogP) is 2.06. The Bertz CT molecular complexity index is 325. The number of aromatic nitrogens is 2. The second-order valence-corrected chi connectivity index (χ2v) is 3.93. The molecule has 0 fully saturated rings. The fourth-order valence-electron chi connectivity index (χ4n) is 1.69. The van der Waals surface area contributed by atoms with Crippen molar-refractivity contribution in [2.45, 2.75) is 33.7 Å². The van der Waals surface area contributed by atoms with Gasteiger partial charge in [0.1, 0.15) is 11.6 Å². The average Bonchev–Trinajstić information content (AvgIpc) is 2.27. The van der Waals surface area contributed by atoms with E-state index in [2.05, 4.69) is 34.0 Å². The van der Waals surface area contributed by atoms with Crippen LogP contribution < -0.4 is 5.32 Å². The summed E-state index contributed by atoms with van der Waals surface area (Å²) in [6.45, 7) is 9.34. The van der Waals surface area contributed by atoms with E-state index in [1.54, 1.807) is 0 Å². The molecule has 1 aromatic heterocycles. The molecule has 0 aromatic carbocycles. The number of nitrogens with zero attached hydrogens (tertiary/aromatic N) is 3. The molecule has 1 heterocycles. The molecular formula is C12H22N4. The van der Waals surface area contributed by atoms with E-state index in [1.807, 2.05) is 20.0 Å². The van der Waals surface area contributed by atoms with Crippen LogP contribution in [-0.4, -0.2) is 35.0 Å². The Morgan fingerprint density at radius 2 is 2.06 bits per heavy atom.